The molecule has 0 spiro atoms. The van der Waals surface area contributed by atoms with Crippen LogP contribution >= 0.6 is 0 Å². The van der Waals surface area contributed by atoms with E-state index in [0.717, 1.165) is 28.2 Å². The van der Waals surface area contributed by atoms with Crippen molar-refractivity contribution in [1.29, 1.82) is 0 Å². The summed E-state index contributed by atoms with van der Waals surface area (Å²) in [6.07, 6.45) is 2.56. The Hall–Kier alpha value is -2.29. The van der Waals surface area contributed by atoms with Crippen LogP contribution in [0.5, 0.6) is 5.75 Å². The van der Waals surface area contributed by atoms with Crippen LogP contribution in [0.15, 0.2) is 42.5 Å². The average Bonchev–Trinajstić information content (AvgIpc) is 2.38. The Morgan fingerprint density at radius 2 is 1.94 bits per heavy atom. The summed E-state index contributed by atoms with van der Waals surface area (Å²) < 4.78 is 5.55. The van der Waals surface area contributed by atoms with E-state index in [4.69, 9.17) is 4.74 Å². The molecule has 0 amide bonds. The molecule has 2 aromatic rings. The van der Waals surface area contributed by atoms with Crippen LogP contribution in [0, 0.1) is 0 Å². The molecule has 0 unspecified atom stereocenters. The Morgan fingerprint density at radius 1 is 1.22 bits per heavy atom. The Kier molecular flexibility index (Phi) is 3.63. The number of rotatable bonds is 4. The van der Waals surface area contributed by atoms with Gasteiger partial charge in [0.1, 0.15) is 5.75 Å². The van der Waals surface area contributed by atoms with E-state index < -0.39 is 5.97 Å². The number of hydrogen-bond donors (Lipinski definition) is 0. The van der Waals surface area contributed by atoms with Crippen LogP contribution in [0.4, 0.5) is 0 Å². The first-order valence-corrected chi connectivity index (χ1v) is 5.76. The minimum absolute atomic E-state index is 0.595. The number of ether oxygens (including phenoxy) is 1. The van der Waals surface area contributed by atoms with Gasteiger partial charge >= 0.3 is 0 Å². The van der Waals surface area contributed by atoms with Gasteiger partial charge in [0.2, 0.25) is 0 Å². The van der Waals surface area contributed by atoms with Crippen molar-refractivity contribution in [2.24, 2.45) is 0 Å². The predicted octanol–water partition coefficient (Wildman–Crippen LogP) is 2.00. The van der Waals surface area contributed by atoms with E-state index >= 15 is 0 Å². The third-order valence-corrected chi connectivity index (χ3v) is 2.62. The van der Waals surface area contributed by atoms with Crippen molar-refractivity contribution in [3.63, 3.8) is 0 Å². The number of carbonyl (C=O) groups is 1. The highest BCUT2D eigenvalue weighted by Gasteiger charge is 2.04. The molecule has 18 heavy (non-hydrogen) atoms. The average molecular weight is 241 g/mol. The fourth-order valence-corrected chi connectivity index (χ4v) is 1.88. The standard InChI is InChI=1S/C15H14O3/c1-2-18-14-9-7-11(8-10-15(16)17)12-5-3-4-6-13(12)14/h3-10H,2H2,1H3,(H,16,17)/p-1/b10-8+. The highest BCUT2D eigenvalue weighted by molar-refractivity contribution is 5.97. The minimum Gasteiger partial charge on any atom is -0.545 e. The minimum atomic E-state index is -1.20. The van der Waals surface area contributed by atoms with Crippen molar-refractivity contribution in [2.75, 3.05) is 6.61 Å². The normalized spacial score (nSPS) is 10.9. The SMILES string of the molecule is CCOc1ccc(/C=C/C(=O)[O-])c2ccccc12. The highest BCUT2D eigenvalue weighted by atomic mass is 16.5. The van der Waals surface area contributed by atoms with Gasteiger partial charge in [-0.3, -0.25) is 0 Å². The van der Waals surface area contributed by atoms with Gasteiger partial charge in [0.25, 0.3) is 0 Å². The third-order valence-electron chi connectivity index (χ3n) is 2.62. The summed E-state index contributed by atoms with van der Waals surface area (Å²) in [5.41, 5.74) is 0.832. The van der Waals surface area contributed by atoms with Crippen LogP contribution in [-0.4, -0.2) is 12.6 Å². The maximum absolute atomic E-state index is 10.5. The third kappa shape index (κ3) is 2.51. The molecule has 3 nitrogen and oxygen atoms in total. The number of aliphatic carboxylic acids is 1. The molecule has 0 atom stereocenters. The lowest BCUT2D eigenvalue weighted by atomic mass is 10.0. The Balaban J connectivity index is 2.57. The summed E-state index contributed by atoms with van der Waals surface area (Å²) in [5, 5.41) is 12.4. The molecule has 0 radical (unpaired) electrons. The maximum Gasteiger partial charge on any atom is 0.127 e. The molecule has 0 N–H and O–H groups in total. The molecule has 0 aliphatic rings. The Morgan fingerprint density at radius 3 is 2.61 bits per heavy atom. The zero-order valence-corrected chi connectivity index (χ0v) is 10.1. The largest absolute Gasteiger partial charge is 0.545 e. The van der Waals surface area contributed by atoms with Gasteiger partial charge in [0.05, 0.1) is 12.6 Å². The fourth-order valence-electron chi connectivity index (χ4n) is 1.88. The molecule has 0 heterocycles. The molecule has 0 aliphatic carbocycles. The molecule has 0 aromatic heterocycles. The number of fused-ring (bicyclic) bond motifs is 1. The predicted molar refractivity (Wildman–Crippen MR) is 69.2 cm³/mol. The molecule has 0 fully saturated rings. The number of carboxylic acid groups (broad SMARTS) is 1. The van der Waals surface area contributed by atoms with Gasteiger partial charge in [-0.25, -0.2) is 0 Å². The van der Waals surface area contributed by atoms with Crippen molar-refractivity contribution in [3.8, 4) is 5.75 Å². The van der Waals surface area contributed by atoms with Gasteiger partial charge in [0, 0.05) is 5.39 Å². The molecule has 3 heteroatoms. The Labute approximate surface area is 105 Å². The van der Waals surface area contributed by atoms with Crippen LogP contribution in [0.2, 0.25) is 0 Å². The summed E-state index contributed by atoms with van der Waals surface area (Å²) in [6, 6.07) is 11.4. The second-order valence-electron chi connectivity index (χ2n) is 3.78. The lowest BCUT2D eigenvalue weighted by Gasteiger charge is -2.09. The van der Waals surface area contributed by atoms with Gasteiger partial charge in [0.15, 0.2) is 0 Å². The number of hydrogen-bond acceptors (Lipinski definition) is 3. The summed E-state index contributed by atoms with van der Waals surface area (Å²) in [7, 11) is 0. The number of benzene rings is 2. The van der Waals surface area contributed by atoms with Crippen molar-refractivity contribution in [2.45, 2.75) is 6.92 Å². The van der Waals surface area contributed by atoms with Gasteiger partial charge in [-0.05, 0) is 30.0 Å². The van der Waals surface area contributed by atoms with E-state index in [0.29, 0.717) is 6.61 Å². The topological polar surface area (TPSA) is 49.4 Å². The number of carbonyl (C=O) groups excluding carboxylic acids is 1. The molecule has 0 aliphatic heterocycles. The maximum atomic E-state index is 10.5. The highest BCUT2D eigenvalue weighted by Crippen LogP contribution is 2.29. The first kappa shape index (κ1) is 12.2. The van der Waals surface area contributed by atoms with Crippen molar-refractivity contribution in [1.82, 2.24) is 0 Å². The van der Waals surface area contributed by atoms with Crippen LogP contribution in [0.1, 0.15) is 12.5 Å². The summed E-state index contributed by atoms with van der Waals surface area (Å²) in [6.45, 7) is 2.52. The van der Waals surface area contributed by atoms with Crippen LogP contribution in [0.25, 0.3) is 16.8 Å². The molecule has 2 rings (SSSR count). The quantitative estimate of drug-likeness (QED) is 0.769. The molecule has 2 aromatic carbocycles. The fraction of sp³-hybridized carbons (Fsp3) is 0.133. The van der Waals surface area contributed by atoms with Gasteiger partial charge in [-0.2, -0.15) is 0 Å². The first-order valence-electron chi connectivity index (χ1n) is 5.76. The zero-order valence-electron chi connectivity index (χ0n) is 10.1. The molecule has 0 saturated heterocycles. The molecule has 0 saturated carbocycles. The summed E-state index contributed by atoms with van der Waals surface area (Å²) in [4.78, 5) is 10.5. The second-order valence-corrected chi connectivity index (χ2v) is 3.78. The van der Waals surface area contributed by atoms with Gasteiger partial charge in [-0.1, -0.05) is 36.4 Å². The lowest BCUT2D eigenvalue weighted by Crippen LogP contribution is -2.18. The van der Waals surface area contributed by atoms with E-state index in [1.54, 1.807) is 0 Å². The van der Waals surface area contributed by atoms with Gasteiger partial charge < -0.3 is 14.6 Å². The van der Waals surface area contributed by atoms with Crippen molar-refractivity contribution >= 4 is 22.8 Å². The van der Waals surface area contributed by atoms with E-state index in [1.807, 2.05) is 43.3 Å². The first-order chi connectivity index (χ1) is 8.72. The molecular weight excluding hydrogens is 228 g/mol. The lowest BCUT2D eigenvalue weighted by molar-refractivity contribution is -0.297. The Bertz CT molecular complexity index is 600. The van der Waals surface area contributed by atoms with E-state index in [-0.39, 0.29) is 0 Å². The van der Waals surface area contributed by atoms with E-state index in [9.17, 15) is 9.90 Å². The molecule has 0 bridgehead atoms. The summed E-state index contributed by atoms with van der Waals surface area (Å²) in [5.74, 6) is -0.397. The van der Waals surface area contributed by atoms with Crippen LogP contribution in [0.3, 0.4) is 0 Å². The molecule has 92 valence electrons. The van der Waals surface area contributed by atoms with E-state index in [1.165, 1.54) is 6.08 Å². The van der Waals surface area contributed by atoms with E-state index in [2.05, 4.69) is 0 Å². The number of carboxylic acids is 1. The molecular formula is C15H13O3-. The second kappa shape index (κ2) is 5.36. The summed E-state index contributed by atoms with van der Waals surface area (Å²) >= 11 is 0. The van der Waals surface area contributed by atoms with Crippen molar-refractivity contribution < 1.29 is 14.6 Å². The smallest absolute Gasteiger partial charge is 0.127 e. The van der Waals surface area contributed by atoms with Crippen LogP contribution in [-0.2, 0) is 4.79 Å². The van der Waals surface area contributed by atoms with Gasteiger partial charge in [-0.15, -0.1) is 0 Å². The van der Waals surface area contributed by atoms with Crippen molar-refractivity contribution in [3.05, 3.63) is 48.0 Å². The zero-order chi connectivity index (χ0) is 13.0. The monoisotopic (exact) mass is 241 g/mol. The van der Waals surface area contributed by atoms with Crippen LogP contribution < -0.4 is 9.84 Å².